The summed E-state index contributed by atoms with van der Waals surface area (Å²) in [7, 11) is 0. The molecule has 0 radical (unpaired) electrons. The van der Waals surface area contributed by atoms with Crippen LogP contribution in [0.4, 0.5) is 5.69 Å². The summed E-state index contributed by atoms with van der Waals surface area (Å²) in [5, 5.41) is 10.5. The average Bonchev–Trinajstić information content (AvgIpc) is 3.10. The van der Waals surface area contributed by atoms with Crippen LogP contribution in [-0.2, 0) is 0 Å². The molecule has 2 aromatic heterocycles. The molecule has 0 saturated carbocycles. The first-order valence-electron chi connectivity index (χ1n) is 8.06. The van der Waals surface area contributed by atoms with E-state index in [-0.39, 0.29) is 22.8 Å². The largest absolute Gasteiger partial charge is 0.508 e. The van der Waals surface area contributed by atoms with Crippen molar-refractivity contribution in [1.82, 2.24) is 9.55 Å². The zero-order chi connectivity index (χ0) is 15.8. The predicted octanol–water partition coefficient (Wildman–Crippen LogP) is 2.11. The minimum absolute atomic E-state index is 0. The number of hydrogen-bond donors (Lipinski definition) is 1. The molecule has 2 aliphatic rings. The normalized spacial score (nSPS) is 20.1. The summed E-state index contributed by atoms with van der Waals surface area (Å²) in [6.45, 7) is 1.87. The van der Waals surface area contributed by atoms with Crippen molar-refractivity contribution < 1.29 is 10.6 Å². The van der Waals surface area contributed by atoms with Crippen molar-refractivity contribution in [3.8, 4) is 0 Å². The van der Waals surface area contributed by atoms with Gasteiger partial charge in [-0.15, -0.1) is 0 Å². The molecule has 0 bridgehead atoms. The molecule has 0 spiro atoms. The van der Waals surface area contributed by atoms with E-state index in [0.29, 0.717) is 12.1 Å². The van der Waals surface area contributed by atoms with Crippen molar-refractivity contribution in [2.24, 2.45) is 0 Å². The SMILES string of the molecule is O.O=c1c(N2CCCC2)cc2cccnc2n1C1C=CC(O)=CC1. The lowest BCUT2D eigenvalue weighted by Gasteiger charge is -2.23. The third-order valence-electron chi connectivity index (χ3n) is 4.61. The van der Waals surface area contributed by atoms with E-state index in [9.17, 15) is 9.90 Å². The number of aliphatic hydroxyl groups is 1. The second-order valence-corrected chi connectivity index (χ2v) is 6.11. The van der Waals surface area contributed by atoms with Crippen LogP contribution in [0, 0.1) is 0 Å². The Balaban J connectivity index is 0.00000169. The van der Waals surface area contributed by atoms with Gasteiger partial charge in [0, 0.05) is 24.7 Å². The van der Waals surface area contributed by atoms with E-state index in [1.54, 1.807) is 22.9 Å². The Morgan fingerprint density at radius 1 is 1.25 bits per heavy atom. The van der Waals surface area contributed by atoms with E-state index in [1.165, 1.54) is 0 Å². The third-order valence-corrected chi connectivity index (χ3v) is 4.61. The topological polar surface area (TPSA) is 89.9 Å². The minimum atomic E-state index is -0.113. The fourth-order valence-electron chi connectivity index (χ4n) is 3.43. The van der Waals surface area contributed by atoms with Crippen LogP contribution in [0.5, 0.6) is 0 Å². The summed E-state index contributed by atoms with van der Waals surface area (Å²) in [5.74, 6) is 0.252. The highest BCUT2D eigenvalue weighted by molar-refractivity contribution is 5.79. The van der Waals surface area contributed by atoms with Gasteiger partial charge in [-0.1, -0.05) is 6.08 Å². The number of pyridine rings is 2. The lowest BCUT2D eigenvalue weighted by Crippen LogP contribution is -2.32. The lowest BCUT2D eigenvalue weighted by molar-refractivity contribution is 0.419. The molecule has 3 N–H and O–H groups in total. The van der Waals surface area contributed by atoms with E-state index in [1.807, 2.05) is 24.3 Å². The van der Waals surface area contributed by atoms with Gasteiger partial charge in [0.25, 0.3) is 5.56 Å². The molecule has 1 saturated heterocycles. The third kappa shape index (κ3) is 2.69. The highest BCUT2D eigenvalue weighted by Gasteiger charge is 2.22. The summed E-state index contributed by atoms with van der Waals surface area (Å²) in [6, 6.07) is 5.75. The second-order valence-electron chi connectivity index (χ2n) is 6.11. The smallest absolute Gasteiger partial charge is 0.276 e. The molecule has 126 valence electrons. The maximum absolute atomic E-state index is 13.1. The molecule has 1 aliphatic heterocycles. The zero-order valence-electron chi connectivity index (χ0n) is 13.4. The Hall–Kier alpha value is -2.60. The summed E-state index contributed by atoms with van der Waals surface area (Å²) in [4.78, 5) is 19.7. The molecule has 1 atom stereocenters. The molecule has 6 nitrogen and oxygen atoms in total. The summed E-state index contributed by atoms with van der Waals surface area (Å²) < 4.78 is 1.77. The van der Waals surface area contributed by atoms with Crippen molar-refractivity contribution in [2.45, 2.75) is 25.3 Å². The van der Waals surface area contributed by atoms with Gasteiger partial charge in [0.05, 0.1) is 6.04 Å². The molecular weight excluding hydrogens is 306 g/mol. The number of aliphatic hydroxyl groups excluding tert-OH is 1. The maximum Gasteiger partial charge on any atom is 0.276 e. The highest BCUT2D eigenvalue weighted by Crippen LogP contribution is 2.26. The number of anilines is 1. The van der Waals surface area contributed by atoms with Crippen molar-refractivity contribution in [3.63, 3.8) is 0 Å². The Morgan fingerprint density at radius 2 is 2.04 bits per heavy atom. The number of fused-ring (bicyclic) bond motifs is 1. The first-order chi connectivity index (χ1) is 11.2. The Kier molecular flexibility index (Phi) is 4.40. The molecule has 24 heavy (non-hydrogen) atoms. The molecule has 3 heterocycles. The molecule has 0 aromatic carbocycles. The van der Waals surface area contributed by atoms with Crippen LogP contribution in [0.15, 0.2) is 53.2 Å². The monoisotopic (exact) mass is 327 g/mol. The molecule has 2 aromatic rings. The van der Waals surface area contributed by atoms with E-state index >= 15 is 0 Å². The number of aromatic nitrogens is 2. The second kappa shape index (κ2) is 6.49. The Bertz CT molecular complexity index is 863. The molecular formula is C18H21N3O3. The molecule has 1 aliphatic carbocycles. The van der Waals surface area contributed by atoms with Crippen LogP contribution in [0.2, 0.25) is 0 Å². The molecule has 4 rings (SSSR count). The van der Waals surface area contributed by atoms with Crippen LogP contribution in [0.25, 0.3) is 11.0 Å². The van der Waals surface area contributed by atoms with Gasteiger partial charge in [0.15, 0.2) is 0 Å². The van der Waals surface area contributed by atoms with Crippen LogP contribution >= 0.6 is 0 Å². The van der Waals surface area contributed by atoms with E-state index in [2.05, 4.69) is 9.88 Å². The van der Waals surface area contributed by atoms with Crippen molar-refractivity contribution in [3.05, 3.63) is 58.7 Å². The predicted molar refractivity (Wildman–Crippen MR) is 94.6 cm³/mol. The molecule has 6 heteroatoms. The standard InChI is InChI=1S/C18H19N3O2.H2O/c22-15-7-5-14(6-8-15)21-17-13(4-3-9-19-17)12-16(18(21)23)20-10-1-2-11-20;/h3-5,7-9,12,14,22H,1-2,6,10-11H2;1H2. The van der Waals surface area contributed by atoms with Crippen molar-refractivity contribution in [2.75, 3.05) is 18.0 Å². The minimum Gasteiger partial charge on any atom is -0.508 e. The van der Waals surface area contributed by atoms with Gasteiger partial charge in [-0.25, -0.2) is 4.98 Å². The van der Waals surface area contributed by atoms with Gasteiger partial charge in [-0.05, 0) is 49.6 Å². The van der Waals surface area contributed by atoms with Crippen LogP contribution in [-0.4, -0.2) is 33.2 Å². The van der Waals surface area contributed by atoms with Crippen molar-refractivity contribution in [1.29, 1.82) is 0 Å². The van der Waals surface area contributed by atoms with E-state index in [0.717, 1.165) is 37.0 Å². The Morgan fingerprint density at radius 3 is 2.75 bits per heavy atom. The molecule has 1 fully saturated rings. The first kappa shape index (κ1) is 16.3. The highest BCUT2D eigenvalue weighted by atomic mass is 16.3. The number of rotatable bonds is 2. The van der Waals surface area contributed by atoms with E-state index in [4.69, 9.17) is 0 Å². The van der Waals surface area contributed by atoms with Gasteiger partial charge in [-0.2, -0.15) is 0 Å². The fourth-order valence-corrected chi connectivity index (χ4v) is 3.43. The van der Waals surface area contributed by atoms with Gasteiger partial charge in [0.2, 0.25) is 0 Å². The van der Waals surface area contributed by atoms with Gasteiger partial charge >= 0.3 is 0 Å². The average molecular weight is 327 g/mol. The summed E-state index contributed by atoms with van der Waals surface area (Å²) in [5.41, 5.74) is 1.46. The number of nitrogens with zero attached hydrogens (tertiary/aromatic N) is 3. The maximum atomic E-state index is 13.1. The van der Waals surface area contributed by atoms with Crippen LogP contribution < -0.4 is 10.5 Å². The summed E-state index contributed by atoms with van der Waals surface area (Å²) >= 11 is 0. The fraction of sp³-hybridized carbons (Fsp3) is 0.333. The van der Waals surface area contributed by atoms with Crippen LogP contribution in [0.3, 0.4) is 0 Å². The zero-order valence-corrected chi connectivity index (χ0v) is 13.4. The molecule has 1 unspecified atom stereocenters. The summed E-state index contributed by atoms with van der Waals surface area (Å²) in [6.07, 6.45) is 9.84. The quantitative estimate of drug-likeness (QED) is 0.915. The number of hydrogen-bond acceptors (Lipinski definition) is 4. The van der Waals surface area contributed by atoms with Gasteiger partial charge in [-0.3, -0.25) is 9.36 Å². The van der Waals surface area contributed by atoms with Gasteiger partial charge < -0.3 is 15.5 Å². The Labute approximate surface area is 139 Å². The van der Waals surface area contributed by atoms with Gasteiger partial charge in [0.1, 0.15) is 17.1 Å². The number of allylic oxidation sites excluding steroid dienone is 3. The van der Waals surface area contributed by atoms with E-state index < -0.39 is 0 Å². The first-order valence-corrected chi connectivity index (χ1v) is 8.06. The lowest BCUT2D eigenvalue weighted by atomic mass is 10.1. The van der Waals surface area contributed by atoms with Crippen LogP contribution in [0.1, 0.15) is 25.3 Å². The van der Waals surface area contributed by atoms with Crippen molar-refractivity contribution >= 4 is 16.7 Å². The molecule has 0 amide bonds.